The summed E-state index contributed by atoms with van der Waals surface area (Å²) in [5.41, 5.74) is 7.80. The van der Waals surface area contributed by atoms with E-state index in [-0.39, 0.29) is 0 Å². The number of rotatable bonds is 3. The SMILES string of the molecule is CCCc1cc2cc(Cl)c(OC)cc2nc1N. The number of ether oxygens (including phenoxy) is 1. The molecule has 0 aliphatic rings. The fraction of sp³-hybridized carbons (Fsp3) is 0.308. The molecular formula is C13H15ClN2O. The van der Waals surface area contributed by atoms with Crippen molar-refractivity contribution in [3.8, 4) is 5.75 Å². The average molecular weight is 251 g/mol. The van der Waals surface area contributed by atoms with Crippen molar-refractivity contribution in [2.24, 2.45) is 0 Å². The van der Waals surface area contributed by atoms with Crippen molar-refractivity contribution in [3.05, 3.63) is 28.8 Å². The number of halogens is 1. The average Bonchev–Trinajstić information content (AvgIpc) is 2.30. The van der Waals surface area contributed by atoms with E-state index in [2.05, 4.69) is 11.9 Å². The van der Waals surface area contributed by atoms with E-state index in [0.717, 1.165) is 29.3 Å². The molecule has 0 aliphatic carbocycles. The number of nitrogen functional groups attached to an aromatic ring is 1. The number of aryl methyl sites for hydroxylation is 1. The summed E-state index contributed by atoms with van der Waals surface area (Å²) in [7, 11) is 1.59. The van der Waals surface area contributed by atoms with Crippen LogP contribution >= 0.6 is 11.6 Å². The highest BCUT2D eigenvalue weighted by Gasteiger charge is 2.07. The molecule has 0 amide bonds. The molecule has 90 valence electrons. The Labute approximate surface area is 106 Å². The molecule has 1 aromatic heterocycles. The lowest BCUT2D eigenvalue weighted by molar-refractivity contribution is 0.415. The number of aromatic nitrogens is 1. The van der Waals surface area contributed by atoms with Crippen molar-refractivity contribution in [1.29, 1.82) is 0 Å². The first-order valence-corrected chi connectivity index (χ1v) is 5.96. The number of anilines is 1. The van der Waals surface area contributed by atoms with Crippen molar-refractivity contribution >= 4 is 28.3 Å². The summed E-state index contributed by atoms with van der Waals surface area (Å²) in [5.74, 6) is 1.21. The highest BCUT2D eigenvalue weighted by Crippen LogP contribution is 2.30. The number of fused-ring (bicyclic) bond motifs is 1. The topological polar surface area (TPSA) is 48.1 Å². The van der Waals surface area contributed by atoms with Crippen molar-refractivity contribution in [2.75, 3.05) is 12.8 Å². The Hall–Kier alpha value is -1.48. The van der Waals surface area contributed by atoms with Crippen LogP contribution in [0.25, 0.3) is 10.9 Å². The Morgan fingerprint density at radius 1 is 1.35 bits per heavy atom. The van der Waals surface area contributed by atoms with Gasteiger partial charge in [-0.05, 0) is 24.1 Å². The van der Waals surface area contributed by atoms with E-state index < -0.39 is 0 Å². The molecule has 4 heteroatoms. The van der Waals surface area contributed by atoms with E-state index in [4.69, 9.17) is 22.1 Å². The highest BCUT2D eigenvalue weighted by atomic mass is 35.5. The normalized spacial score (nSPS) is 10.8. The summed E-state index contributed by atoms with van der Waals surface area (Å²) in [6.45, 7) is 2.12. The van der Waals surface area contributed by atoms with Gasteiger partial charge in [0.05, 0.1) is 17.6 Å². The number of pyridine rings is 1. The van der Waals surface area contributed by atoms with Crippen LogP contribution in [0, 0.1) is 0 Å². The second-order valence-corrected chi connectivity index (χ2v) is 4.37. The summed E-state index contributed by atoms with van der Waals surface area (Å²) >= 11 is 6.09. The highest BCUT2D eigenvalue weighted by molar-refractivity contribution is 6.32. The van der Waals surface area contributed by atoms with E-state index in [0.29, 0.717) is 16.6 Å². The maximum Gasteiger partial charge on any atom is 0.139 e. The van der Waals surface area contributed by atoms with Crippen molar-refractivity contribution in [2.45, 2.75) is 19.8 Å². The largest absolute Gasteiger partial charge is 0.495 e. The third-order valence-electron chi connectivity index (χ3n) is 2.72. The van der Waals surface area contributed by atoms with Crippen LogP contribution in [0.3, 0.4) is 0 Å². The molecule has 2 rings (SSSR count). The molecule has 0 saturated carbocycles. The zero-order valence-corrected chi connectivity index (χ0v) is 10.7. The molecular weight excluding hydrogens is 236 g/mol. The fourth-order valence-corrected chi connectivity index (χ4v) is 2.11. The van der Waals surface area contributed by atoms with E-state index in [1.54, 1.807) is 7.11 Å². The number of nitrogens with two attached hydrogens (primary N) is 1. The van der Waals surface area contributed by atoms with Gasteiger partial charge in [-0.1, -0.05) is 24.9 Å². The molecule has 17 heavy (non-hydrogen) atoms. The molecule has 0 fully saturated rings. The van der Waals surface area contributed by atoms with Gasteiger partial charge in [-0.25, -0.2) is 4.98 Å². The van der Waals surface area contributed by atoms with Gasteiger partial charge in [0, 0.05) is 11.5 Å². The van der Waals surface area contributed by atoms with E-state index in [1.807, 2.05) is 18.2 Å². The van der Waals surface area contributed by atoms with Gasteiger partial charge < -0.3 is 10.5 Å². The molecule has 2 N–H and O–H groups in total. The summed E-state index contributed by atoms with van der Waals surface area (Å²) in [6.07, 6.45) is 1.97. The summed E-state index contributed by atoms with van der Waals surface area (Å²) in [6, 6.07) is 5.72. The summed E-state index contributed by atoms with van der Waals surface area (Å²) < 4.78 is 5.16. The van der Waals surface area contributed by atoms with Crippen molar-refractivity contribution in [3.63, 3.8) is 0 Å². The maximum absolute atomic E-state index is 6.09. The Kier molecular flexibility index (Phi) is 3.38. The summed E-state index contributed by atoms with van der Waals surface area (Å²) in [5, 5.41) is 1.59. The Balaban J connectivity index is 2.62. The smallest absolute Gasteiger partial charge is 0.139 e. The molecule has 0 spiro atoms. The second-order valence-electron chi connectivity index (χ2n) is 3.96. The first-order chi connectivity index (χ1) is 8.15. The minimum Gasteiger partial charge on any atom is -0.495 e. The van der Waals surface area contributed by atoms with Gasteiger partial charge >= 0.3 is 0 Å². The standard InChI is InChI=1S/C13H15ClN2O/c1-3-4-8-5-9-6-10(14)12(17-2)7-11(9)16-13(8)15/h5-7H,3-4H2,1-2H3,(H2,15,16). The van der Waals surface area contributed by atoms with Crippen LogP contribution in [0.5, 0.6) is 5.75 Å². The van der Waals surface area contributed by atoms with Crippen LogP contribution in [-0.2, 0) is 6.42 Å². The monoisotopic (exact) mass is 250 g/mol. The van der Waals surface area contributed by atoms with Gasteiger partial charge in [0.1, 0.15) is 11.6 Å². The number of methoxy groups -OCH3 is 1. The fourth-order valence-electron chi connectivity index (χ4n) is 1.86. The lowest BCUT2D eigenvalue weighted by Crippen LogP contribution is -1.98. The zero-order chi connectivity index (χ0) is 12.4. The Bertz CT molecular complexity index is 555. The minimum absolute atomic E-state index is 0.587. The van der Waals surface area contributed by atoms with Gasteiger partial charge in [0.15, 0.2) is 0 Å². The first-order valence-electron chi connectivity index (χ1n) is 5.58. The van der Waals surface area contributed by atoms with Gasteiger partial charge in [0.25, 0.3) is 0 Å². The molecule has 0 atom stereocenters. The molecule has 0 unspecified atom stereocenters. The quantitative estimate of drug-likeness (QED) is 0.908. The predicted molar refractivity (Wildman–Crippen MR) is 71.7 cm³/mol. The van der Waals surface area contributed by atoms with E-state index in [9.17, 15) is 0 Å². The van der Waals surface area contributed by atoms with Crippen LogP contribution in [0.4, 0.5) is 5.82 Å². The number of hydrogen-bond donors (Lipinski definition) is 1. The number of nitrogens with zero attached hydrogens (tertiary/aromatic N) is 1. The number of hydrogen-bond acceptors (Lipinski definition) is 3. The van der Waals surface area contributed by atoms with E-state index >= 15 is 0 Å². The van der Waals surface area contributed by atoms with Gasteiger partial charge in [-0.3, -0.25) is 0 Å². The lowest BCUT2D eigenvalue weighted by atomic mass is 10.1. The zero-order valence-electron chi connectivity index (χ0n) is 9.96. The summed E-state index contributed by atoms with van der Waals surface area (Å²) in [4.78, 5) is 4.38. The minimum atomic E-state index is 0.587. The molecule has 0 bridgehead atoms. The second kappa shape index (κ2) is 4.80. The molecule has 2 aromatic rings. The van der Waals surface area contributed by atoms with Crippen molar-refractivity contribution in [1.82, 2.24) is 4.98 Å². The molecule has 0 radical (unpaired) electrons. The van der Waals surface area contributed by atoms with Crippen LogP contribution in [0.2, 0.25) is 5.02 Å². The maximum atomic E-state index is 6.09. The third-order valence-corrected chi connectivity index (χ3v) is 3.02. The van der Waals surface area contributed by atoms with Crippen LogP contribution in [0.1, 0.15) is 18.9 Å². The molecule has 1 heterocycles. The molecule has 0 aliphatic heterocycles. The van der Waals surface area contributed by atoms with Gasteiger partial charge in [-0.2, -0.15) is 0 Å². The molecule has 1 aromatic carbocycles. The third kappa shape index (κ3) is 2.29. The van der Waals surface area contributed by atoms with Crippen LogP contribution in [0.15, 0.2) is 18.2 Å². The predicted octanol–water partition coefficient (Wildman–Crippen LogP) is 3.43. The van der Waals surface area contributed by atoms with Crippen LogP contribution in [-0.4, -0.2) is 12.1 Å². The Morgan fingerprint density at radius 2 is 2.12 bits per heavy atom. The van der Waals surface area contributed by atoms with Crippen molar-refractivity contribution < 1.29 is 4.74 Å². The molecule has 0 saturated heterocycles. The van der Waals surface area contributed by atoms with Gasteiger partial charge in [-0.15, -0.1) is 0 Å². The Morgan fingerprint density at radius 3 is 2.76 bits per heavy atom. The van der Waals surface area contributed by atoms with E-state index in [1.165, 1.54) is 0 Å². The molecule has 3 nitrogen and oxygen atoms in total. The van der Waals surface area contributed by atoms with Gasteiger partial charge in [0.2, 0.25) is 0 Å². The first kappa shape index (κ1) is 12.0. The lowest BCUT2D eigenvalue weighted by Gasteiger charge is -2.08. The number of benzene rings is 1. The van der Waals surface area contributed by atoms with Crippen LogP contribution < -0.4 is 10.5 Å².